The lowest BCUT2D eigenvalue weighted by Gasteiger charge is -2.66. The van der Waals surface area contributed by atoms with Crippen LogP contribution in [0.3, 0.4) is 0 Å². The Labute approximate surface area is 165 Å². The van der Waals surface area contributed by atoms with Gasteiger partial charge in [0.15, 0.2) is 5.78 Å². The Kier molecular flexibility index (Phi) is 3.63. The van der Waals surface area contributed by atoms with E-state index in [4.69, 9.17) is 0 Å². The number of nitrogens with one attached hydrogen (secondary N) is 1. The van der Waals surface area contributed by atoms with Crippen molar-refractivity contribution in [1.82, 2.24) is 0 Å². The van der Waals surface area contributed by atoms with Gasteiger partial charge < -0.3 is 15.5 Å². The van der Waals surface area contributed by atoms with Gasteiger partial charge in [0, 0.05) is 17.5 Å². The molecule has 0 unspecified atom stereocenters. The number of carboxylic acids is 1. The smallest absolute Gasteiger partial charge is 0.312 e. The third-order valence-electron chi connectivity index (χ3n) is 9.13. The highest BCUT2D eigenvalue weighted by Gasteiger charge is 2.68. The Hall–Kier alpha value is -1.88. The summed E-state index contributed by atoms with van der Waals surface area (Å²) in [6, 6.07) is 8.21. The van der Waals surface area contributed by atoms with E-state index in [9.17, 15) is 19.8 Å². The molecule has 3 fully saturated rings. The zero-order valence-electron chi connectivity index (χ0n) is 16.6. The van der Waals surface area contributed by atoms with Gasteiger partial charge in [-0.2, -0.15) is 0 Å². The fourth-order valence-corrected chi connectivity index (χ4v) is 7.67. The Morgan fingerprint density at radius 2 is 1.89 bits per heavy atom. The molecule has 28 heavy (non-hydrogen) atoms. The summed E-state index contributed by atoms with van der Waals surface area (Å²) in [4.78, 5) is 25.3. The van der Waals surface area contributed by atoms with E-state index in [-0.39, 0.29) is 34.5 Å². The largest absolute Gasteiger partial charge is 0.481 e. The number of hydrogen-bond donors (Lipinski definition) is 3. The maximum atomic E-state index is 13.0. The third-order valence-corrected chi connectivity index (χ3v) is 9.13. The van der Waals surface area contributed by atoms with E-state index in [0.717, 1.165) is 31.4 Å². The van der Waals surface area contributed by atoms with Crippen molar-refractivity contribution in [3.63, 3.8) is 0 Å². The fraction of sp³-hybridized carbons (Fsp3) is 0.652. The van der Waals surface area contributed by atoms with Crippen LogP contribution in [0.5, 0.6) is 0 Å². The van der Waals surface area contributed by atoms with Gasteiger partial charge in [-0.1, -0.05) is 25.1 Å². The van der Waals surface area contributed by atoms with Crippen molar-refractivity contribution in [1.29, 1.82) is 0 Å². The molecule has 0 aromatic heterocycles. The summed E-state index contributed by atoms with van der Waals surface area (Å²) < 4.78 is 0. The molecule has 4 aliphatic rings. The van der Waals surface area contributed by atoms with Crippen LogP contribution < -0.4 is 5.32 Å². The molecule has 1 aliphatic heterocycles. The molecule has 0 amide bonds. The molecular weight excluding hydrogens is 354 g/mol. The normalized spacial score (nSPS) is 46.6. The zero-order chi connectivity index (χ0) is 19.9. The SMILES string of the molecule is C[C@]12CC[C@H](O)[C@@](C)(C(=O)O)[C@@H]1CC[C@@]13C[C@@H](Nc4ccccc41)C(=O)C[C@H]32. The van der Waals surface area contributed by atoms with Gasteiger partial charge in [0.05, 0.1) is 17.6 Å². The van der Waals surface area contributed by atoms with Gasteiger partial charge in [-0.15, -0.1) is 0 Å². The number of aliphatic hydroxyl groups is 1. The number of carboxylic acid groups (broad SMARTS) is 1. The number of ketones is 1. The standard InChI is InChI=1S/C23H29NO4/c1-21-9-8-19(26)22(2,20(27)28)17(21)7-10-23-12-15(16(25)11-18(21)23)24-14-6-4-3-5-13(14)23/h3-6,15,17-19,24,26H,7-12H2,1-2H3,(H,27,28)/t15-,17-,18+,19+,21+,22+,23-/m1/s1. The summed E-state index contributed by atoms with van der Waals surface area (Å²) >= 11 is 0. The first-order valence-corrected chi connectivity index (χ1v) is 10.5. The molecule has 0 saturated heterocycles. The van der Waals surface area contributed by atoms with Crippen LogP contribution in [-0.2, 0) is 15.0 Å². The predicted molar refractivity (Wildman–Crippen MR) is 105 cm³/mol. The van der Waals surface area contributed by atoms with E-state index in [2.05, 4.69) is 30.4 Å². The van der Waals surface area contributed by atoms with E-state index in [1.807, 2.05) is 6.07 Å². The zero-order valence-corrected chi connectivity index (χ0v) is 16.6. The highest BCUT2D eigenvalue weighted by Crippen LogP contribution is 2.69. The molecule has 1 aromatic rings. The number of benzene rings is 1. The van der Waals surface area contributed by atoms with Crippen LogP contribution in [0.1, 0.15) is 57.9 Å². The lowest BCUT2D eigenvalue weighted by molar-refractivity contribution is -0.197. The second-order valence-electron chi connectivity index (χ2n) is 10.1. The molecule has 1 heterocycles. The molecule has 1 spiro atoms. The van der Waals surface area contributed by atoms with E-state index in [0.29, 0.717) is 12.8 Å². The van der Waals surface area contributed by atoms with E-state index < -0.39 is 17.5 Å². The molecule has 3 N–H and O–H groups in total. The van der Waals surface area contributed by atoms with Crippen LogP contribution in [0, 0.1) is 22.7 Å². The summed E-state index contributed by atoms with van der Waals surface area (Å²) in [5.41, 5.74) is 0.867. The topological polar surface area (TPSA) is 86.6 Å². The highest BCUT2D eigenvalue weighted by molar-refractivity contribution is 5.90. The van der Waals surface area contributed by atoms with Crippen LogP contribution in [0.25, 0.3) is 0 Å². The Bertz CT molecular complexity index is 868. The van der Waals surface area contributed by atoms with E-state index >= 15 is 0 Å². The second kappa shape index (κ2) is 5.59. The minimum Gasteiger partial charge on any atom is -0.481 e. The first-order valence-electron chi connectivity index (χ1n) is 10.5. The monoisotopic (exact) mass is 383 g/mol. The number of fused-ring (bicyclic) bond motifs is 4. The average molecular weight is 383 g/mol. The van der Waals surface area contributed by atoms with Gasteiger partial charge in [-0.3, -0.25) is 9.59 Å². The first kappa shape index (κ1) is 18.2. The first-order chi connectivity index (χ1) is 13.2. The van der Waals surface area contributed by atoms with Gasteiger partial charge in [0.2, 0.25) is 0 Å². The van der Waals surface area contributed by atoms with Crippen molar-refractivity contribution in [3.05, 3.63) is 29.8 Å². The van der Waals surface area contributed by atoms with Crippen molar-refractivity contribution >= 4 is 17.4 Å². The lowest BCUT2D eigenvalue weighted by atomic mass is 9.38. The van der Waals surface area contributed by atoms with Gasteiger partial charge in [-0.25, -0.2) is 0 Å². The summed E-state index contributed by atoms with van der Waals surface area (Å²) in [5.74, 6) is -0.655. The molecule has 5 heteroatoms. The molecule has 5 nitrogen and oxygen atoms in total. The summed E-state index contributed by atoms with van der Waals surface area (Å²) in [7, 11) is 0. The summed E-state index contributed by atoms with van der Waals surface area (Å²) in [5, 5.41) is 24.2. The van der Waals surface area contributed by atoms with E-state index in [1.165, 1.54) is 5.56 Å². The number of carbonyl (C=O) groups excluding carboxylic acids is 1. The molecular formula is C23H29NO4. The maximum Gasteiger partial charge on any atom is 0.312 e. The number of aliphatic hydroxyl groups excluding tert-OH is 1. The number of hydrogen-bond acceptors (Lipinski definition) is 4. The number of Topliss-reactive ketones (excluding diaryl/α,β-unsaturated/α-hetero) is 1. The maximum absolute atomic E-state index is 13.0. The molecule has 7 atom stereocenters. The number of rotatable bonds is 1. The minimum absolute atomic E-state index is 0.0760. The Morgan fingerprint density at radius 3 is 2.64 bits per heavy atom. The molecule has 3 aliphatic carbocycles. The van der Waals surface area contributed by atoms with Crippen LogP contribution in [0.15, 0.2) is 24.3 Å². The predicted octanol–water partition coefficient (Wildman–Crippen LogP) is 3.36. The fourth-order valence-electron chi connectivity index (χ4n) is 7.67. The van der Waals surface area contributed by atoms with Gasteiger partial charge in [0.25, 0.3) is 0 Å². The van der Waals surface area contributed by atoms with Crippen LogP contribution in [0.2, 0.25) is 0 Å². The van der Waals surface area contributed by atoms with Crippen molar-refractivity contribution in [2.24, 2.45) is 22.7 Å². The number of aliphatic carboxylic acids is 1. The molecule has 5 rings (SSSR count). The van der Waals surface area contributed by atoms with Crippen molar-refractivity contribution < 1.29 is 19.8 Å². The van der Waals surface area contributed by atoms with Crippen LogP contribution in [0.4, 0.5) is 5.69 Å². The molecule has 1 aromatic carbocycles. The van der Waals surface area contributed by atoms with Gasteiger partial charge in [0.1, 0.15) is 0 Å². The minimum atomic E-state index is -1.15. The molecule has 150 valence electrons. The quantitative estimate of drug-likeness (QED) is 0.692. The van der Waals surface area contributed by atoms with Crippen molar-refractivity contribution in [2.75, 3.05) is 5.32 Å². The third kappa shape index (κ3) is 2.01. The van der Waals surface area contributed by atoms with Gasteiger partial charge in [-0.05, 0) is 67.9 Å². The molecule has 2 bridgehead atoms. The molecule has 3 saturated carbocycles. The van der Waals surface area contributed by atoms with Crippen molar-refractivity contribution in [2.45, 2.75) is 69.9 Å². The van der Waals surface area contributed by atoms with Crippen LogP contribution >= 0.6 is 0 Å². The summed E-state index contributed by atoms with van der Waals surface area (Å²) in [6.45, 7) is 3.93. The summed E-state index contributed by atoms with van der Waals surface area (Å²) in [6.07, 6.45) is 3.41. The van der Waals surface area contributed by atoms with Crippen molar-refractivity contribution in [3.8, 4) is 0 Å². The number of para-hydroxylation sites is 1. The Morgan fingerprint density at radius 1 is 1.14 bits per heavy atom. The number of carbonyl (C=O) groups is 2. The second-order valence-corrected chi connectivity index (χ2v) is 10.1. The lowest BCUT2D eigenvalue weighted by Crippen LogP contribution is -2.66. The van der Waals surface area contributed by atoms with Gasteiger partial charge >= 0.3 is 5.97 Å². The number of anilines is 1. The van der Waals surface area contributed by atoms with E-state index in [1.54, 1.807) is 6.92 Å². The molecule has 0 radical (unpaired) electrons. The highest BCUT2D eigenvalue weighted by atomic mass is 16.4. The Balaban J connectivity index is 1.67. The van der Waals surface area contributed by atoms with Crippen LogP contribution in [-0.4, -0.2) is 34.1 Å². The average Bonchev–Trinajstić information content (AvgIpc) is 2.67.